The molecule has 1 saturated carbocycles. The van der Waals surface area contributed by atoms with E-state index in [4.69, 9.17) is 0 Å². The fourth-order valence-corrected chi connectivity index (χ4v) is 2.79. The van der Waals surface area contributed by atoms with Gasteiger partial charge in [0.15, 0.2) is 0 Å². The minimum atomic E-state index is -0.114. The summed E-state index contributed by atoms with van der Waals surface area (Å²) in [6, 6.07) is 5.12. The molecule has 18 heavy (non-hydrogen) atoms. The van der Waals surface area contributed by atoms with Gasteiger partial charge >= 0.3 is 0 Å². The quantitative estimate of drug-likeness (QED) is 0.863. The van der Waals surface area contributed by atoms with Gasteiger partial charge < -0.3 is 10.4 Å². The van der Waals surface area contributed by atoms with Crippen LogP contribution < -0.4 is 5.32 Å². The summed E-state index contributed by atoms with van der Waals surface area (Å²) in [5.41, 5.74) is 1.67. The highest BCUT2D eigenvalue weighted by molar-refractivity contribution is 5.95. The highest BCUT2D eigenvalue weighted by Gasteiger charge is 2.18. The Morgan fingerprint density at radius 3 is 2.72 bits per heavy atom. The molecule has 3 nitrogen and oxygen atoms in total. The molecule has 1 aliphatic rings. The Morgan fingerprint density at radius 2 is 2.06 bits per heavy atom. The van der Waals surface area contributed by atoms with Crippen molar-refractivity contribution in [3.8, 4) is 5.75 Å². The van der Waals surface area contributed by atoms with Gasteiger partial charge in [0.2, 0.25) is 0 Å². The molecule has 3 heteroatoms. The van der Waals surface area contributed by atoms with E-state index < -0.39 is 0 Å². The van der Waals surface area contributed by atoms with Gasteiger partial charge in [0.05, 0.1) is 0 Å². The minimum absolute atomic E-state index is 0.114. The molecule has 2 N–H and O–H groups in total. The molecule has 0 heterocycles. The van der Waals surface area contributed by atoms with Crippen LogP contribution in [-0.2, 0) is 6.42 Å². The maximum Gasteiger partial charge on any atom is 0.251 e. The van der Waals surface area contributed by atoms with E-state index in [0.29, 0.717) is 11.5 Å². The number of carbonyl (C=O) groups excluding carboxylic acids is 1. The van der Waals surface area contributed by atoms with E-state index in [2.05, 4.69) is 5.32 Å². The maximum absolute atomic E-state index is 11.8. The molecule has 1 amide bonds. The summed E-state index contributed by atoms with van der Waals surface area (Å²) in [6.45, 7) is 0. The molecule has 0 aliphatic heterocycles. The number of amides is 1. The van der Waals surface area contributed by atoms with Gasteiger partial charge in [-0.25, -0.2) is 0 Å². The first-order valence-electron chi connectivity index (χ1n) is 6.74. The molecule has 0 bridgehead atoms. The second-order valence-corrected chi connectivity index (χ2v) is 5.13. The van der Waals surface area contributed by atoms with Crippen molar-refractivity contribution in [3.05, 3.63) is 29.3 Å². The van der Waals surface area contributed by atoms with E-state index >= 15 is 0 Å². The van der Waals surface area contributed by atoms with Crippen LogP contribution in [0.2, 0.25) is 0 Å². The van der Waals surface area contributed by atoms with Crippen molar-refractivity contribution in [3.63, 3.8) is 0 Å². The van der Waals surface area contributed by atoms with E-state index in [1.54, 1.807) is 19.2 Å². The first kappa shape index (κ1) is 12.9. The van der Waals surface area contributed by atoms with Crippen LogP contribution in [0.5, 0.6) is 5.75 Å². The highest BCUT2D eigenvalue weighted by atomic mass is 16.3. The molecule has 98 valence electrons. The molecule has 2 rings (SSSR count). The summed E-state index contributed by atoms with van der Waals surface area (Å²) in [5, 5.41) is 12.1. The second-order valence-electron chi connectivity index (χ2n) is 5.13. The molecule has 1 fully saturated rings. The molecule has 0 saturated heterocycles. The average Bonchev–Trinajstić information content (AvgIpc) is 2.41. The van der Waals surface area contributed by atoms with E-state index in [9.17, 15) is 9.90 Å². The predicted molar refractivity (Wildman–Crippen MR) is 71.8 cm³/mol. The fraction of sp³-hybridized carbons (Fsp3) is 0.533. The van der Waals surface area contributed by atoms with Crippen LogP contribution in [0.4, 0.5) is 0 Å². The Hall–Kier alpha value is -1.51. The molecule has 1 aromatic carbocycles. The summed E-state index contributed by atoms with van der Waals surface area (Å²) in [6.07, 6.45) is 7.41. The molecule has 0 unspecified atom stereocenters. The Morgan fingerprint density at radius 1 is 1.33 bits per heavy atom. The van der Waals surface area contributed by atoms with Crippen LogP contribution in [-0.4, -0.2) is 18.1 Å². The zero-order valence-corrected chi connectivity index (χ0v) is 10.9. The Balaban J connectivity index is 2.17. The van der Waals surface area contributed by atoms with Crippen LogP contribution in [0.1, 0.15) is 48.0 Å². The normalized spacial score (nSPS) is 16.5. The van der Waals surface area contributed by atoms with E-state index in [1.807, 2.05) is 6.07 Å². The number of hydrogen-bond acceptors (Lipinski definition) is 2. The van der Waals surface area contributed by atoms with E-state index in [0.717, 1.165) is 12.0 Å². The Kier molecular flexibility index (Phi) is 4.24. The number of nitrogens with one attached hydrogen (secondary N) is 1. The largest absolute Gasteiger partial charge is 0.508 e. The standard InChI is InChI=1S/C15H21NO2/c1-16-15(18)14-10-13(17)8-7-12(14)9-11-5-3-2-4-6-11/h7-8,10-11,17H,2-6,9H2,1H3,(H,16,18). The molecule has 0 aromatic heterocycles. The van der Waals surface area contributed by atoms with Crippen LogP contribution in [0, 0.1) is 5.92 Å². The maximum atomic E-state index is 11.8. The number of carbonyl (C=O) groups is 1. The molecule has 0 spiro atoms. The third-order valence-corrected chi connectivity index (χ3v) is 3.80. The van der Waals surface area contributed by atoms with Gasteiger partial charge in [0.25, 0.3) is 5.91 Å². The number of hydrogen-bond donors (Lipinski definition) is 2. The van der Waals surface area contributed by atoms with Gasteiger partial charge in [-0.2, -0.15) is 0 Å². The van der Waals surface area contributed by atoms with Crippen molar-refractivity contribution in [2.75, 3.05) is 7.05 Å². The molecular weight excluding hydrogens is 226 g/mol. The third-order valence-electron chi connectivity index (χ3n) is 3.80. The third kappa shape index (κ3) is 3.03. The lowest BCUT2D eigenvalue weighted by Crippen LogP contribution is -2.20. The first-order valence-corrected chi connectivity index (χ1v) is 6.74. The van der Waals surface area contributed by atoms with Crippen molar-refractivity contribution >= 4 is 5.91 Å². The summed E-state index contributed by atoms with van der Waals surface area (Å²) in [7, 11) is 1.62. The summed E-state index contributed by atoms with van der Waals surface area (Å²) < 4.78 is 0. The van der Waals surface area contributed by atoms with Crippen molar-refractivity contribution < 1.29 is 9.90 Å². The minimum Gasteiger partial charge on any atom is -0.508 e. The Bertz CT molecular complexity index is 423. The molecule has 1 aromatic rings. The second kappa shape index (κ2) is 5.89. The number of benzene rings is 1. The van der Waals surface area contributed by atoms with Crippen molar-refractivity contribution in [2.45, 2.75) is 38.5 Å². The SMILES string of the molecule is CNC(=O)c1cc(O)ccc1CC1CCCCC1. The highest BCUT2D eigenvalue weighted by Crippen LogP contribution is 2.28. The predicted octanol–water partition coefficient (Wildman–Crippen LogP) is 2.87. The summed E-state index contributed by atoms with van der Waals surface area (Å²) >= 11 is 0. The van der Waals surface area contributed by atoms with Crippen LogP contribution in [0.25, 0.3) is 0 Å². The Labute approximate surface area is 108 Å². The molecule has 0 radical (unpaired) electrons. The summed E-state index contributed by atoms with van der Waals surface area (Å²) in [5.74, 6) is 0.726. The topological polar surface area (TPSA) is 49.3 Å². The van der Waals surface area contributed by atoms with Gasteiger partial charge in [-0.15, -0.1) is 0 Å². The molecule has 0 atom stereocenters. The lowest BCUT2D eigenvalue weighted by molar-refractivity contribution is 0.0961. The van der Waals surface area contributed by atoms with Crippen LogP contribution >= 0.6 is 0 Å². The number of aromatic hydroxyl groups is 1. The van der Waals surface area contributed by atoms with Crippen LogP contribution in [0.15, 0.2) is 18.2 Å². The van der Waals surface area contributed by atoms with Gasteiger partial charge in [0, 0.05) is 12.6 Å². The zero-order chi connectivity index (χ0) is 13.0. The van der Waals surface area contributed by atoms with E-state index in [1.165, 1.54) is 32.1 Å². The lowest BCUT2D eigenvalue weighted by Gasteiger charge is -2.22. The van der Waals surface area contributed by atoms with Crippen molar-refractivity contribution in [1.82, 2.24) is 5.32 Å². The number of rotatable bonds is 3. The number of phenols is 1. The lowest BCUT2D eigenvalue weighted by atomic mass is 9.84. The van der Waals surface area contributed by atoms with Crippen molar-refractivity contribution in [1.29, 1.82) is 0 Å². The average molecular weight is 247 g/mol. The van der Waals surface area contributed by atoms with Gasteiger partial charge in [-0.1, -0.05) is 38.2 Å². The zero-order valence-electron chi connectivity index (χ0n) is 10.9. The fourth-order valence-electron chi connectivity index (χ4n) is 2.79. The molecule has 1 aliphatic carbocycles. The number of phenolic OH excluding ortho intramolecular Hbond substituents is 1. The van der Waals surface area contributed by atoms with Crippen molar-refractivity contribution in [2.24, 2.45) is 5.92 Å². The summed E-state index contributed by atoms with van der Waals surface area (Å²) in [4.78, 5) is 11.8. The van der Waals surface area contributed by atoms with Gasteiger partial charge in [-0.05, 0) is 30.0 Å². The monoisotopic (exact) mass is 247 g/mol. The smallest absolute Gasteiger partial charge is 0.251 e. The van der Waals surface area contributed by atoms with Gasteiger partial charge in [-0.3, -0.25) is 4.79 Å². The van der Waals surface area contributed by atoms with Gasteiger partial charge in [0.1, 0.15) is 5.75 Å². The first-order chi connectivity index (χ1) is 8.70. The van der Waals surface area contributed by atoms with Crippen LogP contribution in [0.3, 0.4) is 0 Å². The molecular formula is C15H21NO2. The van der Waals surface area contributed by atoms with E-state index in [-0.39, 0.29) is 11.7 Å².